The summed E-state index contributed by atoms with van der Waals surface area (Å²) in [5.41, 5.74) is 4.65. The zero-order valence-electron chi connectivity index (χ0n) is 18.4. The van der Waals surface area contributed by atoms with Crippen LogP contribution in [0.15, 0.2) is 61.2 Å². The molecule has 0 saturated heterocycles. The molecule has 2 N–H and O–H groups in total. The fourth-order valence-electron chi connectivity index (χ4n) is 4.95. The van der Waals surface area contributed by atoms with E-state index in [1.807, 2.05) is 24.3 Å². The van der Waals surface area contributed by atoms with Crippen molar-refractivity contribution in [3.05, 3.63) is 72.3 Å². The number of hydrogen-bond donors (Lipinski definition) is 2. The number of fused-ring (bicyclic) bond motifs is 3. The zero-order chi connectivity index (χ0) is 23.4. The maximum atomic E-state index is 12.7. The van der Waals surface area contributed by atoms with Gasteiger partial charge in [0.25, 0.3) is 0 Å². The van der Waals surface area contributed by atoms with Gasteiger partial charge in [-0.2, -0.15) is 0 Å². The van der Waals surface area contributed by atoms with Gasteiger partial charge in [0.15, 0.2) is 0 Å². The van der Waals surface area contributed by atoms with E-state index >= 15 is 0 Å². The standard InChI is InChI=1S/C26H28N2O5/c1-2-13-28(15-24(29)30)25(31)17-11-12-18(14-17)27-26(32)33-16-23-21-9-5-3-7-19(21)20-8-4-6-10-22(20)23/h2-10,17-18,23H,1,11-16H2,(H,27,32)(H,29,30)/t17-,18+/m0/s1. The summed E-state index contributed by atoms with van der Waals surface area (Å²) in [4.78, 5) is 37.6. The van der Waals surface area contributed by atoms with Gasteiger partial charge >= 0.3 is 12.1 Å². The topological polar surface area (TPSA) is 95.9 Å². The van der Waals surface area contributed by atoms with E-state index < -0.39 is 12.1 Å². The van der Waals surface area contributed by atoms with Crippen molar-refractivity contribution in [2.45, 2.75) is 31.2 Å². The van der Waals surface area contributed by atoms with E-state index in [1.54, 1.807) is 0 Å². The highest BCUT2D eigenvalue weighted by Crippen LogP contribution is 2.44. The van der Waals surface area contributed by atoms with Gasteiger partial charge in [0, 0.05) is 24.4 Å². The Labute approximate surface area is 193 Å². The lowest BCUT2D eigenvalue weighted by molar-refractivity contribution is -0.145. The van der Waals surface area contributed by atoms with Crippen molar-refractivity contribution in [1.29, 1.82) is 0 Å². The molecular formula is C26H28N2O5. The monoisotopic (exact) mass is 448 g/mol. The number of aliphatic carboxylic acids is 1. The molecule has 0 unspecified atom stereocenters. The lowest BCUT2D eigenvalue weighted by Gasteiger charge is -2.22. The number of rotatable bonds is 8. The molecule has 172 valence electrons. The van der Waals surface area contributed by atoms with Crippen LogP contribution in [0.25, 0.3) is 11.1 Å². The fraction of sp³-hybridized carbons (Fsp3) is 0.346. The summed E-state index contributed by atoms with van der Waals surface area (Å²) >= 11 is 0. The second-order valence-electron chi connectivity index (χ2n) is 8.58. The molecule has 2 atom stereocenters. The van der Waals surface area contributed by atoms with Crippen LogP contribution in [0, 0.1) is 5.92 Å². The minimum atomic E-state index is -1.06. The molecule has 1 fully saturated rings. The van der Waals surface area contributed by atoms with Gasteiger partial charge in [-0.15, -0.1) is 6.58 Å². The lowest BCUT2D eigenvalue weighted by Crippen LogP contribution is -2.40. The van der Waals surface area contributed by atoms with Crippen LogP contribution in [0.1, 0.15) is 36.3 Å². The highest BCUT2D eigenvalue weighted by Gasteiger charge is 2.34. The summed E-state index contributed by atoms with van der Waals surface area (Å²) in [5.74, 6) is -1.60. The summed E-state index contributed by atoms with van der Waals surface area (Å²) in [6, 6.07) is 16.1. The maximum Gasteiger partial charge on any atom is 0.407 e. The number of ether oxygens (including phenoxy) is 1. The number of alkyl carbamates (subject to hydrolysis) is 1. The van der Waals surface area contributed by atoms with Gasteiger partial charge in [0.2, 0.25) is 5.91 Å². The molecule has 2 amide bonds. The molecule has 1 saturated carbocycles. The van der Waals surface area contributed by atoms with Crippen molar-refractivity contribution < 1.29 is 24.2 Å². The number of hydrogen-bond acceptors (Lipinski definition) is 4. The average Bonchev–Trinajstić information content (AvgIpc) is 3.39. The molecule has 7 nitrogen and oxygen atoms in total. The molecule has 0 bridgehead atoms. The summed E-state index contributed by atoms with van der Waals surface area (Å²) in [7, 11) is 0. The van der Waals surface area contributed by atoms with Crippen molar-refractivity contribution in [2.24, 2.45) is 5.92 Å². The van der Waals surface area contributed by atoms with E-state index in [4.69, 9.17) is 9.84 Å². The number of carboxylic acid groups (broad SMARTS) is 1. The van der Waals surface area contributed by atoms with Gasteiger partial charge in [-0.1, -0.05) is 54.6 Å². The molecule has 0 radical (unpaired) electrons. The van der Waals surface area contributed by atoms with Crippen molar-refractivity contribution >= 4 is 18.0 Å². The molecule has 0 heterocycles. The first-order valence-corrected chi connectivity index (χ1v) is 11.2. The van der Waals surface area contributed by atoms with Gasteiger partial charge in [-0.05, 0) is 41.5 Å². The summed E-state index contributed by atoms with van der Waals surface area (Å²) < 4.78 is 5.60. The van der Waals surface area contributed by atoms with E-state index in [-0.39, 0.29) is 43.5 Å². The largest absolute Gasteiger partial charge is 0.480 e. The normalized spacial score (nSPS) is 18.8. The predicted octanol–water partition coefficient (Wildman–Crippen LogP) is 3.79. The number of amides is 2. The van der Waals surface area contributed by atoms with E-state index in [1.165, 1.54) is 22.1 Å². The molecule has 0 aliphatic heterocycles. The minimum absolute atomic E-state index is 0.00969. The summed E-state index contributed by atoms with van der Waals surface area (Å²) in [6.07, 6.45) is 2.73. The molecule has 2 aliphatic rings. The van der Waals surface area contributed by atoms with E-state index in [0.717, 1.165) is 11.1 Å². The van der Waals surface area contributed by atoms with Crippen molar-refractivity contribution in [1.82, 2.24) is 10.2 Å². The van der Waals surface area contributed by atoms with Crippen LogP contribution in [0.4, 0.5) is 4.79 Å². The summed E-state index contributed by atoms with van der Waals surface area (Å²) in [5, 5.41) is 11.9. The van der Waals surface area contributed by atoms with Crippen LogP contribution in [-0.2, 0) is 14.3 Å². The maximum absolute atomic E-state index is 12.7. The third kappa shape index (κ3) is 4.92. The first kappa shape index (κ1) is 22.6. The van der Waals surface area contributed by atoms with E-state index in [2.05, 4.69) is 36.2 Å². The van der Waals surface area contributed by atoms with Gasteiger partial charge in [0.05, 0.1) is 0 Å². The smallest absolute Gasteiger partial charge is 0.407 e. The van der Waals surface area contributed by atoms with Gasteiger partial charge < -0.3 is 20.1 Å². The molecular weight excluding hydrogens is 420 g/mol. The fourth-order valence-corrected chi connectivity index (χ4v) is 4.95. The van der Waals surface area contributed by atoms with Crippen molar-refractivity contribution in [3.8, 4) is 11.1 Å². The van der Waals surface area contributed by atoms with Gasteiger partial charge in [0.1, 0.15) is 13.2 Å². The van der Waals surface area contributed by atoms with Crippen LogP contribution in [0.2, 0.25) is 0 Å². The molecule has 2 aromatic rings. The van der Waals surface area contributed by atoms with Crippen molar-refractivity contribution in [2.75, 3.05) is 19.7 Å². The van der Waals surface area contributed by atoms with Crippen LogP contribution in [0.3, 0.4) is 0 Å². The van der Waals surface area contributed by atoms with Crippen LogP contribution in [-0.4, -0.2) is 53.7 Å². The predicted molar refractivity (Wildman–Crippen MR) is 124 cm³/mol. The third-order valence-electron chi connectivity index (χ3n) is 6.43. The third-order valence-corrected chi connectivity index (χ3v) is 6.43. The van der Waals surface area contributed by atoms with Crippen LogP contribution < -0.4 is 5.32 Å². The number of carbonyl (C=O) groups is 3. The van der Waals surface area contributed by atoms with Gasteiger partial charge in [-0.25, -0.2) is 4.79 Å². The Hall–Kier alpha value is -3.61. The Kier molecular flexibility index (Phi) is 6.77. The molecule has 0 aromatic heterocycles. The van der Waals surface area contributed by atoms with Crippen LogP contribution >= 0.6 is 0 Å². The van der Waals surface area contributed by atoms with E-state index in [9.17, 15) is 14.4 Å². The Bertz CT molecular complexity index is 1020. The van der Waals surface area contributed by atoms with Gasteiger partial charge in [-0.3, -0.25) is 9.59 Å². The average molecular weight is 449 g/mol. The second-order valence-corrected chi connectivity index (χ2v) is 8.58. The SMILES string of the molecule is C=CCN(CC(=O)O)C(=O)[C@H]1CC[C@@H](NC(=O)OCC2c3ccccc3-c3ccccc32)C1. The number of carboxylic acids is 1. The number of benzene rings is 2. The molecule has 2 aromatic carbocycles. The Morgan fingerprint density at radius 1 is 1.06 bits per heavy atom. The molecule has 7 heteroatoms. The molecule has 33 heavy (non-hydrogen) atoms. The van der Waals surface area contributed by atoms with Crippen LogP contribution in [0.5, 0.6) is 0 Å². The second kappa shape index (κ2) is 9.90. The van der Waals surface area contributed by atoms with Crippen molar-refractivity contribution in [3.63, 3.8) is 0 Å². The molecule has 2 aliphatic carbocycles. The quantitative estimate of drug-likeness (QED) is 0.599. The minimum Gasteiger partial charge on any atom is -0.480 e. The Balaban J connectivity index is 1.32. The lowest BCUT2D eigenvalue weighted by atomic mass is 9.98. The summed E-state index contributed by atoms with van der Waals surface area (Å²) in [6.45, 7) is 3.66. The Morgan fingerprint density at radius 3 is 2.30 bits per heavy atom. The number of nitrogens with zero attached hydrogens (tertiary/aromatic N) is 1. The molecule has 0 spiro atoms. The first-order valence-electron chi connectivity index (χ1n) is 11.2. The highest BCUT2D eigenvalue weighted by molar-refractivity contribution is 5.83. The Morgan fingerprint density at radius 2 is 1.70 bits per heavy atom. The number of carbonyl (C=O) groups excluding carboxylic acids is 2. The molecule has 4 rings (SSSR count). The number of nitrogens with one attached hydrogen (secondary N) is 1. The van der Waals surface area contributed by atoms with E-state index in [0.29, 0.717) is 19.3 Å². The zero-order valence-corrected chi connectivity index (χ0v) is 18.4. The highest BCUT2D eigenvalue weighted by atomic mass is 16.5. The first-order chi connectivity index (χ1) is 16.0.